The zero-order valence-electron chi connectivity index (χ0n) is 20.9. The first-order valence-electron chi connectivity index (χ1n) is 12.0. The van der Waals surface area contributed by atoms with Gasteiger partial charge in [0.05, 0.1) is 28.6 Å². The van der Waals surface area contributed by atoms with Gasteiger partial charge in [0.25, 0.3) is 5.56 Å². The summed E-state index contributed by atoms with van der Waals surface area (Å²) in [7, 11) is 0. The zero-order chi connectivity index (χ0) is 27.4. The van der Waals surface area contributed by atoms with E-state index in [-0.39, 0.29) is 28.5 Å². The van der Waals surface area contributed by atoms with E-state index in [0.717, 1.165) is 15.7 Å². The van der Waals surface area contributed by atoms with Crippen LogP contribution >= 0.6 is 11.6 Å². The van der Waals surface area contributed by atoms with Crippen LogP contribution in [0.15, 0.2) is 76.3 Å². The lowest BCUT2D eigenvalue weighted by atomic mass is 10.00. The molecule has 0 spiro atoms. The monoisotopic (exact) mass is 534 g/mol. The number of primary amides is 1. The molecule has 1 atom stereocenters. The average molecular weight is 535 g/mol. The highest BCUT2D eigenvalue weighted by Gasteiger charge is 2.26. The number of aromatic nitrogens is 2. The number of nitrogens with one attached hydrogen (secondary N) is 2. The molecule has 0 bridgehead atoms. The van der Waals surface area contributed by atoms with Gasteiger partial charge in [-0.1, -0.05) is 66.2 Å². The molecule has 0 fully saturated rings. The van der Waals surface area contributed by atoms with Crippen molar-refractivity contribution in [1.82, 2.24) is 14.9 Å². The Balaban J connectivity index is 1.76. The minimum absolute atomic E-state index is 0.0104. The Morgan fingerprint density at radius 1 is 1.03 bits per heavy atom. The number of nitrogens with two attached hydrogens (primary N) is 1. The average Bonchev–Trinajstić information content (AvgIpc) is 2.88. The highest BCUT2D eigenvalue weighted by atomic mass is 35.5. The quantitative estimate of drug-likeness (QED) is 0.303. The molecule has 1 heterocycles. The maximum absolute atomic E-state index is 13.5. The highest BCUT2D eigenvalue weighted by Crippen LogP contribution is 2.29. The van der Waals surface area contributed by atoms with Gasteiger partial charge in [-0.2, -0.15) is 0 Å². The number of hydrogen-bond acceptors (Lipinski definition) is 5. The lowest BCUT2D eigenvalue weighted by Gasteiger charge is -2.19. The Hall–Kier alpha value is -4.37. The molecule has 0 saturated heterocycles. The van der Waals surface area contributed by atoms with Gasteiger partial charge in [-0.05, 0) is 36.6 Å². The maximum atomic E-state index is 13.5. The largest absolute Gasteiger partial charge is 0.489 e. The van der Waals surface area contributed by atoms with Crippen LogP contribution < -0.4 is 27.0 Å². The SMILES string of the molecule is CC(C)Oc1cc2[nH]c(=O)n(C(Cc3ccc(-c4ccccc4)cc3)C(=O)NCC(N)=O)c(=O)c2cc1Cl. The summed E-state index contributed by atoms with van der Waals surface area (Å²) in [4.78, 5) is 53.8. The lowest BCUT2D eigenvalue weighted by Crippen LogP contribution is -2.46. The van der Waals surface area contributed by atoms with E-state index in [1.54, 1.807) is 0 Å². The van der Waals surface area contributed by atoms with E-state index in [0.29, 0.717) is 11.3 Å². The predicted molar refractivity (Wildman–Crippen MR) is 146 cm³/mol. The van der Waals surface area contributed by atoms with Gasteiger partial charge in [-0.25, -0.2) is 9.36 Å². The molecule has 38 heavy (non-hydrogen) atoms. The Morgan fingerprint density at radius 3 is 2.32 bits per heavy atom. The molecule has 1 aromatic heterocycles. The highest BCUT2D eigenvalue weighted by molar-refractivity contribution is 6.32. The number of H-pyrrole nitrogens is 1. The van der Waals surface area contributed by atoms with Crippen LogP contribution in [0.1, 0.15) is 25.5 Å². The summed E-state index contributed by atoms with van der Waals surface area (Å²) in [6.45, 7) is 3.20. The first-order valence-corrected chi connectivity index (χ1v) is 12.4. The zero-order valence-corrected chi connectivity index (χ0v) is 21.6. The Labute approximate surface area is 223 Å². The van der Waals surface area contributed by atoms with Gasteiger partial charge in [0.1, 0.15) is 11.8 Å². The molecule has 4 aromatic rings. The van der Waals surface area contributed by atoms with Crippen molar-refractivity contribution in [3.8, 4) is 16.9 Å². The van der Waals surface area contributed by atoms with Crippen molar-refractivity contribution in [2.24, 2.45) is 5.73 Å². The van der Waals surface area contributed by atoms with Crippen molar-refractivity contribution in [1.29, 1.82) is 0 Å². The van der Waals surface area contributed by atoms with Crippen LogP contribution in [-0.2, 0) is 16.0 Å². The molecule has 3 aromatic carbocycles. The Kier molecular flexibility index (Phi) is 7.97. The number of benzene rings is 3. The van der Waals surface area contributed by atoms with Crippen molar-refractivity contribution in [3.05, 3.63) is 98.2 Å². The molecule has 9 nitrogen and oxygen atoms in total. The third kappa shape index (κ3) is 5.95. The topological polar surface area (TPSA) is 136 Å². The van der Waals surface area contributed by atoms with E-state index in [1.165, 1.54) is 12.1 Å². The summed E-state index contributed by atoms with van der Waals surface area (Å²) >= 11 is 6.34. The lowest BCUT2D eigenvalue weighted by molar-refractivity contribution is -0.127. The molecular formula is C28H27ClN4O5. The summed E-state index contributed by atoms with van der Waals surface area (Å²) < 4.78 is 6.49. The molecule has 196 valence electrons. The minimum atomic E-state index is -1.26. The summed E-state index contributed by atoms with van der Waals surface area (Å²) in [5.41, 5.74) is 6.61. The van der Waals surface area contributed by atoms with E-state index in [1.807, 2.05) is 68.4 Å². The molecule has 0 aliphatic heterocycles. The number of nitrogens with zero attached hydrogens (tertiary/aromatic N) is 1. The number of rotatable bonds is 9. The fraction of sp³-hybridized carbons (Fsp3) is 0.214. The van der Waals surface area contributed by atoms with Crippen LogP contribution in [0.3, 0.4) is 0 Å². The number of aromatic amines is 1. The van der Waals surface area contributed by atoms with Gasteiger partial charge in [-0.3, -0.25) is 14.4 Å². The fourth-order valence-corrected chi connectivity index (χ4v) is 4.35. The van der Waals surface area contributed by atoms with Gasteiger partial charge < -0.3 is 20.8 Å². The molecule has 10 heteroatoms. The van der Waals surface area contributed by atoms with Crippen molar-refractivity contribution >= 4 is 34.3 Å². The molecule has 0 saturated carbocycles. The van der Waals surface area contributed by atoms with Crippen molar-refractivity contribution in [2.45, 2.75) is 32.4 Å². The molecule has 2 amide bonds. The predicted octanol–water partition coefficient (Wildman–Crippen LogP) is 3.18. The van der Waals surface area contributed by atoms with Crippen LogP contribution in [-0.4, -0.2) is 34.0 Å². The molecule has 0 aliphatic rings. The van der Waals surface area contributed by atoms with E-state index < -0.39 is 35.6 Å². The van der Waals surface area contributed by atoms with Gasteiger partial charge >= 0.3 is 5.69 Å². The molecule has 0 aliphatic carbocycles. The van der Waals surface area contributed by atoms with Crippen molar-refractivity contribution in [3.63, 3.8) is 0 Å². The molecule has 1 unspecified atom stereocenters. The van der Waals surface area contributed by atoms with Gasteiger partial charge in [0, 0.05) is 12.5 Å². The van der Waals surface area contributed by atoms with Crippen LogP contribution in [0.4, 0.5) is 0 Å². The molecular weight excluding hydrogens is 508 g/mol. The summed E-state index contributed by atoms with van der Waals surface area (Å²) in [5.74, 6) is -1.14. The molecule has 4 N–H and O–H groups in total. The van der Waals surface area contributed by atoms with Gasteiger partial charge in [0.2, 0.25) is 11.8 Å². The molecule has 0 radical (unpaired) electrons. The number of carbonyl (C=O) groups excluding carboxylic acids is 2. The van der Waals surface area contributed by atoms with E-state index >= 15 is 0 Å². The number of fused-ring (bicyclic) bond motifs is 1. The third-order valence-corrected chi connectivity index (χ3v) is 6.18. The van der Waals surface area contributed by atoms with Crippen molar-refractivity contribution in [2.75, 3.05) is 6.54 Å². The van der Waals surface area contributed by atoms with Crippen LogP contribution in [0.25, 0.3) is 22.0 Å². The van der Waals surface area contributed by atoms with Gasteiger partial charge in [-0.15, -0.1) is 0 Å². The first-order chi connectivity index (χ1) is 18.1. The molecule has 4 rings (SSSR count). The van der Waals surface area contributed by atoms with E-state index in [2.05, 4.69) is 10.3 Å². The number of ether oxygens (including phenoxy) is 1. The summed E-state index contributed by atoms with van der Waals surface area (Å²) in [6.07, 6.45) is -0.167. The summed E-state index contributed by atoms with van der Waals surface area (Å²) in [6, 6.07) is 18.8. The van der Waals surface area contributed by atoms with Crippen LogP contribution in [0.2, 0.25) is 5.02 Å². The second kappa shape index (κ2) is 11.4. The van der Waals surface area contributed by atoms with E-state index in [9.17, 15) is 19.2 Å². The Morgan fingerprint density at radius 2 is 1.68 bits per heavy atom. The smallest absolute Gasteiger partial charge is 0.329 e. The number of carbonyl (C=O) groups is 2. The van der Waals surface area contributed by atoms with Gasteiger partial charge in [0.15, 0.2) is 0 Å². The maximum Gasteiger partial charge on any atom is 0.329 e. The second-order valence-electron chi connectivity index (χ2n) is 9.07. The fourth-order valence-electron chi connectivity index (χ4n) is 4.14. The second-order valence-corrected chi connectivity index (χ2v) is 9.47. The third-order valence-electron chi connectivity index (χ3n) is 5.89. The number of amides is 2. The number of halogens is 1. The normalized spacial score (nSPS) is 11.9. The minimum Gasteiger partial charge on any atom is -0.489 e. The van der Waals surface area contributed by atoms with E-state index in [4.69, 9.17) is 22.1 Å². The van der Waals surface area contributed by atoms with Crippen LogP contribution in [0, 0.1) is 0 Å². The van der Waals surface area contributed by atoms with Crippen molar-refractivity contribution < 1.29 is 14.3 Å². The first kappa shape index (κ1) is 26.7. The standard InChI is InChI=1S/C28H27ClN4O5/c1-16(2)38-24-14-22-20(13-21(24)29)27(36)33(28(37)32-22)23(26(35)31-15-25(30)34)12-17-8-10-19(11-9-17)18-6-4-3-5-7-18/h3-11,13-14,16,23H,12,15H2,1-2H3,(H2,30,34)(H,31,35)(H,32,37). The summed E-state index contributed by atoms with van der Waals surface area (Å²) in [5, 5.41) is 2.71. The van der Waals surface area contributed by atoms with Crippen LogP contribution in [0.5, 0.6) is 5.75 Å². The number of hydrogen-bond donors (Lipinski definition) is 3. The Bertz CT molecular complexity index is 1590.